The van der Waals surface area contributed by atoms with Gasteiger partial charge in [-0.05, 0) is 10.9 Å². The molecule has 0 N–H and O–H groups in total. The Hall–Kier alpha value is -0.401. The second-order valence-electron chi connectivity index (χ2n) is 10.7. The van der Waals surface area contributed by atoms with E-state index in [1.54, 1.807) is 0 Å². The minimum Gasteiger partial charge on any atom is -0.467 e. The third-order valence-electron chi connectivity index (χ3n) is 6.49. The zero-order valence-corrected chi connectivity index (χ0v) is 18.5. The molecule has 14 heteroatoms. The summed E-state index contributed by atoms with van der Waals surface area (Å²) in [6, 6.07) is 0. The first-order valence-corrected chi connectivity index (χ1v) is 9.52. The van der Waals surface area contributed by atoms with Gasteiger partial charge in [0.15, 0.2) is 32.8 Å². The molecule has 2 nitrogen and oxygen atoms in total. The van der Waals surface area contributed by atoms with E-state index in [-0.39, 0.29) is 15.5 Å². The van der Waals surface area contributed by atoms with Crippen molar-refractivity contribution >= 4 is 111 Å². The zero-order valence-electron chi connectivity index (χ0n) is 18.5. The van der Waals surface area contributed by atoms with Crippen molar-refractivity contribution in [2.75, 3.05) is 0 Å². The van der Waals surface area contributed by atoms with Crippen molar-refractivity contribution in [3.63, 3.8) is 0 Å². The van der Waals surface area contributed by atoms with Crippen molar-refractivity contribution in [1.82, 2.24) is 0 Å². The van der Waals surface area contributed by atoms with Crippen molar-refractivity contribution in [2.24, 2.45) is 0 Å². The number of benzene rings is 1. The Morgan fingerprint density at radius 2 is 1.16 bits per heavy atom. The predicted molar refractivity (Wildman–Crippen MR) is 144 cm³/mol. The summed E-state index contributed by atoms with van der Waals surface area (Å²) in [6.45, 7) is 0. The number of rotatable bonds is 4. The average molecular weight is 320 g/mol. The molecule has 1 aliphatic rings. The summed E-state index contributed by atoms with van der Waals surface area (Å²) in [5, 5.41) is 0.527. The molecule has 0 unspecified atom stereocenters. The van der Waals surface area contributed by atoms with E-state index >= 15 is 0 Å². The molecule has 0 amide bonds. The Kier molecular flexibility index (Phi) is 5.07. The van der Waals surface area contributed by atoms with Gasteiger partial charge in [0, 0.05) is 0 Å². The molecule has 0 saturated carbocycles. The van der Waals surface area contributed by atoms with Gasteiger partial charge < -0.3 is 9.47 Å². The maximum Gasteiger partial charge on any atom is 0.197 e. The first-order chi connectivity index (χ1) is 11.0. The highest BCUT2D eigenvalue weighted by Crippen LogP contribution is 2.46. The van der Waals surface area contributed by atoms with Crippen LogP contribution in [0.4, 0.5) is 0 Å². The van der Waals surface area contributed by atoms with Gasteiger partial charge in [0.1, 0.15) is 39.2 Å². The van der Waals surface area contributed by atoms with Crippen LogP contribution in [0.2, 0.25) is 10.3 Å². The molecule has 0 spiro atoms. The molecule has 1 aromatic carbocycles. The molecule has 0 aromatic heterocycles. The van der Waals surface area contributed by atoms with Crippen LogP contribution in [-0.2, 0) is 5.21 Å². The first kappa shape index (κ1) is 20.9. The lowest BCUT2D eigenvalue weighted by molar-refractivity contribution is 0.0844. The molecule has 0 fully saturated rings. The molecule has 118 valence electrons. The lowest BCUT2D eigenvalue weighted by Gasteiger charge is -2.46. The summed E-state index contributed by atoms with van der Waals surface area (Å²) in [7, 11) is 27.1. The highest BCUT2D eigenvalue weighted by molar-refractivity contribution is 6.67. The van der Waals surface area contributed by atoms with Crippen LogP contribution in [0.5, 0.6) is 11.5 Å². The van der Waals surface area contributed by atoms with Gasteiger partial charge in [0.05, 0.1) is 39.2 Å². The fourth-order valence-corrected chi connectivity index (χ4v) is 4.32. The number of hydrogen-bond acceptors (Lipinski definition) is 2. The fourth-order valence-electron chi connectivity index (χ4n) is 4.32. The molecular formula is C11H26B12O2. The molecule has 1 aromatic rings. The molecule has 2 rings (SSSR count). The summed E-state index contributed by atoms with van der Waals surface area (Å²) in [4.78, 5) is 0. The van der Waals surface area contributed by atoms with E-state index < -0.39 is 5.59 Å². The van der Waals surface area contributed by atoms with Crippen molar-refractivity contribution in [3.8, 4) is 11.5 Å². The average Bonchev–Trinajstić information content (AvgIpc) is 2.70. The standard InChI is InChI=1S/C11H26B12O2/c12-3-2(8(15,16)1-9(17,18)10(19,20)21)4(13)6-7(5(3)14)25-11(22,23)24-6/h1,12-23H2. The van der Waals surface area contributed by atoms with Gasteiger partial charge in [-0.1, -0.05) is 27.9 Å². The minimum atomic E-state index is -0.586. The van der Waals surface area contributed by atoms with Crippen molar-refractivity contribution in [1.29, 1.82) is 0 Å². The SMILES string of the molecule is Bc1c(B)c(C(B)(B)CC(B)(B)C(B)(B)B)c(B)c2c1OC(B)(B)O2. The Morgan fingerprint density at radius 1 is 0.720 bits per heavy atom. The third kappa shape index (κ3) is 3.69. The maximum absolute atomic E-state index is 6.17. The summed E-state index contributed by atoms with van der Waals surface area (Å²) in [5.41, 5.74) is 4.62. The molecule has 1 heterocycles. The Bertz CT molecular complexity index is 708. The van der Waals surface area contributed by atoms with Gasteiger partial charge in [-0.25, -0.2) is 0 Å². The van der Waals surface area contributed by atoms with E-state index in [0.717, 1.165) is 17.9 Å². The van der Waals surface area contributed by atoms with E-state index in [1.165, 1.54) is 22.0 Å². The van der Waals surface area contributed by atoms with Gasteiger partial charge in [-0.2, -0.15) is 0 Å². The molecule has 0 radical (unpaired) electrons. The van der Waals surface area contributed by atoms with Gasteiger partial charge in [0.2, 0.25) is 0 Å². The topological polar surface area (TPSA) is 18.5 Å². The van der Waals surface area contributed by atoms with Gasteiger partial charge >= 0.3 is 0 Å². The molecule has 0 atom stereocenters. The summed E-state index contributed by atoms with van der Waals surface area (Å²) < 4.78 is 12.3. The van der Waals surface area contributed by atoms with Crippen LogP contribution in [0.3, 0.4) is 0 Å². The van der Waals surface area contributed by atoms with E-state index in [9.17, 15) is 0 Å². The van der Waals surface area contributed by atoms with Gasteiger partial charge in [-0.15, -0.1) is 5.11 Å². The monoisotopic (exact) mass is 322 g/mol. The number of fused-ring (bicyclic) bond motifs is 1. The Labute approximate surface area is 164 Å². The molecule has 0 aliphatic carbocycles. The lowest BCUT2D eigenvalue weighted by Crippen LogP contribution is -2.49. The first-order valence-electron chi connectivity index (χ1n) is 9.52. The summed E-state index contributed by atoms with van der Waals surface area (Å²) in [6.07, 6.45) is 1.12. The highest BCUT2D eigenvalue weighted by Gasteiger charge is 2.41. The van der Waals surface area contributed by atoms with Gasteiger partial charge in [0.25, 0.3) is 0 Å². The molecule has 25 heavy (non-hydrogen) atoms. The van der Waals surface area contributed by atoms with Crippen LogP contribution in [0.1, 0.15) is 12.0 Å². The summed E-state index contributed by atoms with van der Waals surface area (Å²) >= 11 is 0. The Balaban J connectivity index is 2.59. The van der Waals surface area contributed by atoms with Crippen molar-refractivity contribution < 1.29 is 9.47 Å². The highest BCUT2D eigenvalue weighted by atomic mass is 16.7. The van der Waals surface area contributed by atoms with E-state index in [0.29, 0.717) is 0 Å². The second-order valence-corrected chi connectivity index (χ2v) is 10.7. The normalized spacial score (nSPS) is 16.6. The number of hydrogen-bond donors (Lipinski definition) is 0. The van der Waals surface area contributed by atoms with Crippen LogP contribution in [-0.4, -0.2) is 99.7 Å². The minimum absolute atomic E-state index is 0.0564. The van der Waals surface area contributed by atoms with Crippen LogP contribution in [0.15, 0.2) is 0 Å². The molecular weight excluding hydrogens is 294 g/mol. The predicted octanol–water partition coefficient (Wildman–Crippen LogP) is -11.7. The lowest BCUT2D eigenvalue weighted by atomic mass is 9.20. The maximum atomic E-state index is 6.17. The van der Waals surface area contributed by atoms with E-state index in [1.807, 2.05) is 15.7 Å². The molecule has 1 aliphatic heterocycles. The third-order valence-corrected chi connectivity index (χ3v) is 6.49. The molecule has 0 bridgehead atoms. The van der Waals surface area contributed by atoms with Crippen LogP contribution >= 0.6 is 0 Å². The zero-order chi connectivity index (χ0) is 19.6. The molecule has 0 saturated heterocycles. The van der Waals surface area contributed by atoms with Crippen LogP contribution < -0.4 is 25.9 Å². The van der Waals surface area contributed by atoms with Crippen LogP contribution in [0.25, 0.3) is 0 Å². The quantitative estimate of drug-likeness (QED) is 0.513. The second kappa shape index (κ2) is 6.06. The largest absolute Gasteiger partial charge is 0.467 e. The summed E-state index contributed by atoms with van der Waals surface area (Å²) in [5.74, 6) is 1.86. The smallest absolute Gasteiger partial charge is 0.197 e. The van der Waals surface area contributed by atoms with Crippen LogP contribution in [0, 0.1) is 0 Å². The Morgan fingerprint density at radius 3 is 1.60 bits per heavy atom. The number of ether oxygens (including phenoxy) is 2. The van der Waals surface area contributed by atoms with Gasteiger partial charge in [-0.3, -0.25) is 0 Å². The van der Waals surface area contributed by atoms with Crippen molar-refractivity contribution in [3.05, 3.63) is 5.56 Å². The fraction of sp³-hybridized carbons (Fsp3) is 0.455. The van der Waals surface area contributed by atoms with Crippen molar-refractivity contribution in [2.45, 2.75) is 27.5 Å². The van der Waals surface area contributed by atoms with E-state index in [4.69, 9.17) is 9.47 Å². The van der Waals surface area contributed by atoms with E-state index in [2.05, 4.69) is 78.5 Å².